The first-order chi connectivity index (χ1) is 7.19. The van der Waals surface area contributed by atoms with Gasteiger partial charge in [0.1, 0.15) is 5.75 Å². The number of aryl methyl sites for hydroxylation is 2. The highest BCUT2D eigenvalue weighted by atomic mass is 16.5. The summed E-state index contributed by atoms with van der Waals surface area (Å²) in [5.74, 6) is 0.981. The first-order valence-corrected chi connectivity index (χ1v) is 5.83. The molecule has 0 bridgehead atoms. The normalized spacial score (nSPS) is 9.13. The second-order valence-electron chi connectivity index (χ2n) is 3.76. The fourth-order valence-electron chi connectivity index (χ4n) is 1.38. The maximum absolute atomic E-state index is 5.18. The van der Waals surface area contributed by atoms with Crippen LogP contribution in [0, 0.1) is 6.92 Å². The maximum atomic E-state index is 5.18. The summed E-state index contributed by atoms with van der Waals surface area (Å²) in [4.78, 5) is 0. The van der Waals surface area contributed by atoms with Gasteiger partial charge in [-0.05, 0) is 30.5 Å². The van der Waals surface area contributed by atoms with Crippen molar-refractivity contribution in [1.29, 1.82) is 0 Å². The van der Waals surface area contributed by atoms with Crippen LogP contribution in [0.5, 0.6) is 5.75 Å². The van der Waals surface area contributed by atoms with Crippen molar-refractivity contribution in [2.75, 3.05) is 7.11 Å². The van der Waals surface area contributed by atoms with Gasteiger partial charge in [-0.3, -0.25) is 0 Å². The van der Waals surface area contributed by atoms with Gasteiger partial charge < -0.3 is 4.74 Å². The van der Waals surface area contributed by atoms with Crippen molar-refractivity contribution in [2.45, 2.75) is 47.0 Å². The molecule has 0 fully saturated rings. The molecule has 0 amide bonds. The van der Waals surface area contributed by atoms with Crippen LogP contribution < -0.4 is 4.74 Å². The van der Waals surface area contributed by atoms with Crippen molar-refractivity contribution >= 4 is 0 Å². The van der Waals surface area contributed by atoms with Crippen LogP contribution in [0.25, 0.3) is 0 Å². The fourth-order valence-corrected chi connectivity index (χ4v) is 1.38. The molecule has 15 heavy (non-hydrogen) atoms. The summed E-state index contributed by atoms with van der Waals surface area (Å²) in [6.45, 7) is 8.53. The summed E-state index contributed by atoms with van der Waals surface area (Å²) in [6, 6.07) is 6.37. The Morgan fingerprint density at radius 3 is 2.13 bits per heavy atom. The van der Waals surface area contributed by atoms with E-state index in [-0.39, 0.29) is 0 Å². The van der Waals surface area contributed by atoms with Gasteiger partial charge in [-0.25, -0.2) is 0 Å². The lowest BCUT2D eigenvalue weighted by Gasteiger charge is -2.05. The molecule has 0 aliphatic heterocycles. The zero-order valence-corrected chi connectivity index (χ0v) is 10.8. The third-order valence-corrected chi connectivity index (χ3v) is 2.00. The summed E-state index contributed by atoms with van der Waals surface area (Å²) >= 11 is 0. The first-order valence-electron chi connectivity index (χ1n) is 5.83. The Morgan fingerprint density at radius 2 is 1.73 bits per heavy atom. The number of ether oxygens (including phenoxy) is 1. The molecule has 0 aromatic heterocycles. The average Bonchev–Trinajstić information content (AvgIpc) is 2.20. The Balaban J connectivity index is 0.000000583. The highest BCUT2D eigenvalue weighted by molar-refractivity contribution is 5.36. The molecule has 1 aromatic rings. The van der Waals surface area contributed by atoms with E-state index in [9.17, 15) is 0 Å². The van der Waals surface area contributed by atoms with Gasteiger partial charge in [0.05, 0.1) is 7.11 Å². The smallest absolute Gasteiger partial charge is 0.121 e. The molecule has 0 radical (unpaired) electrons. The molecule has 0 heterocycles. The highest BCUT2D eigenvalue weighted by Gasteiger charge is 1.98. The number of methoxy groups -OCH3 is 1. The Labute approximate surface area is 94.5 Å². The van der Waals surface area contributed by atoms with Crippen LogP contribution in [0.1, 0.15) is 44.7 Å². The van der Waals surface area contributed by atoms with Crippen LogP contribution in [0.15, 0.2) is 18.2 Å². The molecule has 1 nitrogen and oxygen atoms in total. The van der Waals surface area contributed by atoms with Gasteiger partial charge in [-0.15, -0.1) is 0 Å². The molecule has 0 N–H and O–H groups in total. The lowest BCUT2D eigenvalue weighted by atomic mass is 10.1. The summed E-state index contributed by atoms with van der Waals surface area (Å²) in [5, 5.41) is 0. The minimum Gasteiger partial charge on any atom is -0.496 e. The summed E-state index contributed by atoms with van der Waals surface area (Å²) in [6.07, 6.45) is 3.61. The van der Waals surface area contributed by atoms with Crippen LogP contribution in [0.4, 0.5) is 0 Å². The van der Waals surface area contributed by atoms with E-state index in [1.165, 1.54) is 24.0 Å². The summed E-state index contributed by atoms with van der Waals surface area (Å²) in [7, 11) is 1.71. The number of benzene rings is 1. The molecule has 0 saturated heterocycles. The Kier molecular flexibility index (Phi) is 7.79. The topological polar surface area (TPSA) is 9.23 Å². The molecule has 0 atom stereocenters. The van der Waals surface area contributed by atoms with Crippen molar-refractivity contribution < 1.29 is 4.74 Å². The monoisotopic (exact) mass is 208 g/mol. The Morgan fingerprint density at radius 1 is 1.13 bits per heavy atom. The third kappa shape index (κ3) is 5.46. The molecular formula is C14H24O. The van der Waals surface area contributed by atoms with Crippen LogP contribution in [-0.4, -0.2) is 7.11 Å². The van der Waals surface area contributed by atoms with E-state index >= 15 is 0 Å². The lowest BCUT2D eigenvalue weighted by Crippen LogP contribution is -1.89. The molecule has 1 heteroatoms. The minimum absolute atomic E-state index is 0.981. The van der Waals surface area contributed by atoms with Gasteiger partial charge in [-0.2, -0.15) is 0 Å². The van der Waals surface area contributed by atoms with E-state index in [1.54, 1.807) is 7.11 Å². The SMILES string of the molecule is CCC.CCCc1ccc(OC)c(C)c1. The number of rotatable bonds is 3. The zero-order valence-electron chi connectivity index (χ0n) is 10.8. The molecule has 0 spiro atoms. The van der Waals surface area contributed by atoms with E-state index in [2.05, 4.69) is 39.8 Å². The van der Waals surface area contributed by atoms with E-state index in [0.717, 1.165) is 12.2 Å². The molecule has 0 unspecified atom stereocenters. The minimum atomic E-state index is 0.981. The van der Waals surface area contributed by atoms with Crippen LogP contribution in [0.2, 0.25) is 0 Å². The molecular weight excluding hydrogens is 184 g/mol. The van der Waals surface area contributed by atoms with Gasteiger partial charge in [0.2, 0.25) is 0 Å². The van der Waals surface area contributed by atoms with Gasteiger partial charge in [0, 0.05) is 0 Å². The van der Waals surface area contributed by atoms with E-state index in [1.807, 2.05) is 6.07 Å². The lowest BCUT2D eigenvalue weighted by molar-refractivity contribution is 0.411. The quantitative estimate of drug-likeness (QED) is 0.716. The predicted octanol–water partition coefficient (Wildman–Crippen LogP) is 4.37. The molecule has 1 rings (SSSR count). The van der Waals surface area contributed by atoms with E-state index < -0.39 is 0 Å². The Hall–Kier alpha value is -0.980. The van der Waals surface area contributed by atoms with Crippen LogP contribution >= 0.6 is 0 Å². The highest BCUT2D eigenvalue weighted by Crippen LogP contribution is 2.18. The molecule has 0 aliphatic carbocycles. The fraction of sp³-hybridized carbons (Fsp3) is 0.571. The van der Waals surface area contributed by atoms with Crippen molar-refractivity contribution in [2.24, 2.45) is 0 Å². The van der Waals surface area contributed by atoms with Crippen LogP contribution in [0.3, 0.4) is 0 Å². The Bertz CT molecular complexity index is 266. The van der Waals surface area contributed by atoms with Gasteiger partial charge in [0.15, 0.2) is 0 Å². The van der Waals surface area contributed by atoms with Crippen molar-refractivity contribution in [3.05, 3.63) is 29.3 Å². The number of hydrogen-bond acceptors (Lipinski definition) is 1. The van der Waals surface area contributed by atoms with Crippen molar-refractivity contribution in [1.82, 2.24) is 0 Å². The molecule has 86 valence electrons. The summed E-state index contributed by atoms with van der Waals surface area (Å²) in [5.41, 5.74) is 2.62. The van der Waals surface area contributed by atoms with E-state index in [4.69, 9.17) is 4.74 Å². The van der Waals surface area contributed by atoms with E-state index in [0.29, 0.717) is 0 Å². The maximum Gasteiger partial charge on any atom is 0.121 e. The summed E-state index contributed by atoms with van der Waals surface area (Å²) < 4.78 is 5.18. The van der Waals surface area contributed by atoms with Gasteiger partial charge in [0.25, 0.3) is 0 Å². The molecule has 1 aromatic carbocycles. The first kappa shape index (κ1) is 14.0. The van der Waals surface area contributed by atoms with Gasteiger partial charge >= 0.3 is 0 Å². The average molecular weight is 208 g/mol. The molecule has 0 saturated carbocycles. The largest absolute Gasteiger partial charge is 0.496 e. The van der Waals surface area contributed by atoms with Gasteiger partial charge in [-0.1, -0.05) is 45.7 Å². The second-order valence-corrected chi connectivity index (χ2v) is 3.76. The standard InChI is InChI=1S/C11H16O.C3H8/c1-4-5-10-6-7-11(12-3)9(2)8-10;1-3-2/h6-8H,4-5H2,1-3H3;3H2,1-2H3. The predicted molar refractivity (Wildman–Crippen MR) is 67.7 cm³/mol. The number of hydrogen-bond donors (Lipinski definition) is 0. The second kappa shape index (κ2) is 8.34. The third-order valence-electron chi connectivity index (χ3n) is 2.00. The van der Waals surface area contributed by atoms with Crippen molar-refractivity contribution in [3.63, 3.8) is 0 Å². The van der Waals surface area contributed by atoms with Crippen molar-refractivity contribution in [3.8, 4) is 5.75 Å². The zero-order chi connectivity index (χ0) is 11.7. The molecule has 0 aliphatic rings. The van der Waals surface area contributed by atoms with Crippen LogP contribution in [-0.2, 0) is 6.42 Å².